The van der Waals surface area contributed by atoms with Crippen LogP contribution in [0.2, 0.25) is 45.2 Å². The molecule has 12 nitrogen and oxygen atoms in total. The summed E-state index contributed by atoms with van der Waals surface area (Å²) in [7, 11) is 0. The lowest BCUT2D eigenvalue weighted by molar-refractivity contribution is -0.122. The van der Waals surface area contributed by atoms with Gasteiger partial charge in [-0.25, -0.2) is 20.0 Å². The van der Waals surface area contributed by atoms with Crippen molar-refractivity contribution < 1.29 is 19.2 Å². The van der Waals surface area contributed by atoms with E-state index in [1.807, 2.05) is 0 Å². The van der Waals surface area contributed by atoms with Crippen molar-refractivity contribution in [3.63, 3.8) is 0 Å². The van der Waals surface area contributed by atoms with Gasteiger partial charge in [-0.2, -0.15) is 0 Å². The Balaban J connectivity index is 1.24. The van der Waals surface area contributed by atoms with Gasteiger partial charge in [0, 0.05) is 45.2 Å². The largest absolute Gasteiger partial charge is 0.326 e. The summed E-state index contributed by atoms with van der Waals surface area (Å²) in [5.74, 6) is -5.98. The van der Waals surface area contributed by atoms with E-state index in [9.17, 15) is 9.59 Å². The molecule has 2 aliphatic rings. The van der Waals surface area contributed by atoms with Gasteiger partial charge < -0.3 is 10.6 Å². The highest BCUT2D eigenvalue weighted by Gasteiger charge is 2.55. The number of carbonyl (C=O) groups excluding carboxylic acids is 4. The molecule has 2 saturated heterocycles. The number of nitrogens with one attached hydrogen (secondary N) is 4. The summed E-state index contributed by atoms with van der Waals surface area (Å²) >= 11 is 61.4. The predicted octanol–water partition coefficient (Wildman–Crippen LogP) is 21.7. The fraction of sp³-hybridized carbons (Fsp3) is 0.446. The van der Waals surface area contributed by atoms with Crippen LogP contribution in [0, 0.1) is 11.8 Å². The highest BCUT2D eigenvalue weighted by Crippen LogP contribution is 2.48. The number of amidine groups is 2. The van der Waals surface area contributed by atoms with Gasteiger partial charge in [-0.05, 0) is 85.1 Å². The average Bonchev–Trinajstić information content (AvgIpc) is 1.62. The van der Waals surface area contributed by atoms with E-state index in [-0.39, 0.29) is 91.4 Å². The minimum Gasteiger partial charge on any atom is -0.326 e. The number of anilines is 4. The molecule has 0 aliphatic carbocycles. The number of hydrogen-bond acceptors (Lipinski definition) is 6. The maximum absolute atomic E-state index is 15.8. The Morgan fingerprint density at radius 3 is 1.13 bits per heavy atom. The van der Waals surface area contributed by atoms with Crippen LogP contribution in [0.4, 0.5) is 34.1 Å². The Morgan fingerprint density at radius 2 is 0.779 bits per heavy atom. The molecule has 0 radical (unpaired) electrons. The van der Waals surface area contributed by atoms with Gasteiger partial charge in [0.1, 0.15) is 34.9 Å². The molecule has 462 valence electrons. The molecule has 0 aromatic heterocycles. The molecule has 86 heavy (non-hydrogen) atoms. The first kappa shape index (κ1) is 69.0. The fourth-order valence-corrected chi connectivity index (χ4v) is 13.5. The lowest BCUT2D eigenvalue weighted by Gasteiger charge is -2.27. The van der Waals surface area contributed by atoms with Crippen molar-refractivity contribution in [1.82, 2.24) is 10.9 Å². The monoisotopic (exact) mass is 1350 g/mol. The van der Waals surface area contributed by atoms with Crippen LogP contribution >= 0.6 is 104 Å². The second-order valence-electron chi connectivity index (χ2n) is 22.0. The molecular weight excluding hydrogens is 1280 g/mol. The Kier molecular flexibility index (Phi) is 28.1. The van der Waals surface area contributed by atoms with Crippen molar-refractivity contribution in [2.24, 2.45) is 21.8 Å². The first-order chi connectivity index (χ1) is 41.5. The van der Waals surface area contributed by atoms with Crippen molar-refractivity contribution in [3.8, 4) is 0 Å². The second-order valence-corrected chi connectivity index (χ2v) is 25.7. The predicted molar refractivity (Wildman–Crippen MR) is 362 cm³/mol. The summed E-state index contributed by atoms with van der Waals surface area (Å²) in [6.45, 7) is 4.45. The van der Waals surface area contributed by atoms with Gasteiger partial charge in [0.05, 0.1) is 41.5 Å². The van der Waals surface area contributed by atoms with Gasteiger partial charge in [-0.3, -0.25) is 30.0 Å². The van der Waals surface area contributed by atoms with Gasteiger partial charge >= 0.3 is 0 Å². The third kappa shape index (κ3) is 19.5. The number of benzene rings is 5. The van der Waals surface area contributed by atoms with E-state index in [4.69, 9.17) is 114 Å². The normalized spacial score (nSPS) is 16.3. The lowest BCUT2D eigenvalue weighted by atomic mass is 9.75. The zero-order valence-electron chi connectivity index (χ0n) is 48.6. The Bertz CT molecular complexity index is 2980. The van der Waals surface area contributed by atoms with Gasteiger partial charge in [-0.1, -0.05) is 265 Å². The molecule has 0 saturated carbocycles. The fourth-order valence-electron chi connectivity index (χ4n) is 10.9. The van der Waals surface area contributed by atoms with E-state index in [1.54, 1.807) is 60.7 Å². The van der Waals surface area contributed by atoms with Gasteiger partial charge in [0.25, 0.3) is 11.8 Å². The minimum atomic E-state index is -1.46. The van der Waals surface area contributed by atoms with Crippen LogP contribution in [-0.2, 0) is 19.2 Å². The first-order valence-electron chi connectivity index (χ1n) is 30.1. The quantitative estimate of drug-likeness (QED) is 0.0308. The van der Waals surface area contributed by atoms with Crippen LogP contribution in [0.15, 0.2) is 94.9 Å². The van der Waals surface area contributed by atoms with Gasteiger partial charge in [-0.15, -0.1) is 0 Å². The molecule has 4 N–H and O–H groups in total. The Hall–Kier alpha value is -4.47. The van der Waals surface area contributed by atoms with E-state index < -0.39 is 29.6 Å². The molecule has 21 heteroatoms. The third-order valence-corrected chi connectivity index (χ3v) is 17.9. The highest BCUT2D eigenvalue weighted by atomic mass is 35.5. The van der Waals surface area contributed by atoms with Crippen LogP contribution in [0.5, 0.6) is 0 Å². The van der Waals surface area contributed by atoms with Crippen LogP contribution < -0.4 is 31.5 Å². The van der Waals surface area contributed by atoms with Crippen molar-refractivity contribution in [2.75, 3.05) is 20.7 Å². The number of halogens is 9. The maximum Gasteiger partial charge on any atom is 0.257 e. The molecule has 7 rings (SSSR count). The lowest BCUT2D eigenvalue weighted by Crippen LogP contribution is -2.38. The molecule has 4 amide bonds. The number of hydrazine groups is 2. The van der Waals surface area contributed by atoms with E-state index in [1.165, 1.54) is 114 Å². The summed E-state index contributed by atoms with van der Waals surface area (Å²) in [6.07, 6.45) is 26.1. The molecule has 2 fully saturated rings. The van der Waals surface area contributed by atoms with Crippen molar-refractivity contribution >= 4 is 174 Å². The average molecular weight is 1350 g/mol. The molecule has 2 unspecified atom stereocenters. The number of nitrogens with zero attached hydrogens (tertiary/aromatic N) is 4. The SMILES string of the molecule is CCCCCCCCCCCCCC(=O)Nc1ccc(Cl)c(N=C2NN(c3c(Cl)cc(Cl)cc3Cl)C(=O)C2C(c2ccccc2Cl)C2C(=O)N(c3c(Cl)cc(Cl)cc3Cl)NC2=Nc2cc(NC(=O)CCCCCCCCCCCCC)ccc2Cl)c1. The maximum atomic E-state index is 15.8. The van der Waals surface area contributed by atoms with E-state index in [2.05, 4.69) is 35.3 Å². The minimum absolute atomic E-state index is 0.0117. The molecule has 5 aromatic carbocycles. The second kappa shape index (κ2) is 35.1. The molecule has 2 heterocycles. The number of hydrogen-bond donors (Lipinski definition) is 4. The number of rotatable bonds is 33. The Labute approximate surface area is 551 Å². The molecule has 0 spiro atoms. The zero-order valence-corrected chi connectivity index (χ0v) is 55.4. The van der Waals surface area contributed by atoms with Crippen LogP contribution in [0.25, 0.3) is 0 Å². The van der Waals surface area contributed by atoms with Crippen LogP contribution in [0.1, 0.15) is 179 Å². The standard InChI is InChI=1S/C65H75Cl9N8O4/c1-3-5-7-9-11-13-15-17-19-21-23-29-55(83)75-43-31-33-47(69)53(39-43)77-62-58(64(85)81(79-62)60-49(71)35-41(66)36-50(60)72)57(45-27-25-26-28-46(45)68)59-63(80-82(65(59)86)61-51(73)37-42(67)38-52(61)74)78-54-40-44(32-34-48(54)70)76-56(84)30-24-22-20-18-16-14-12-10-8-6-4-2/h25-28,31-40,57-59H,3-24,29-30H2,1-2H3,(H,75,83)(H,76,84)(H,77,79)(H,78,80). The molecule has 0 bridgehead atoms. The van der Waals surface area contributed by atoms with Crippen molar-refractivity contribution in [2.45, 2.75) is 174 Å². The van der Waals surface area contributed by atoms with E-state index >= 15 is 9.59 Å². The van der Waals surface area contributed by atoms with Crippen molar-refractivity contribution in [1.29, 1.82) is 0 Å². The van der Waals surface area contributed by atoms with Gasteiger partial charge in [0.15, 0.2) is 0 Å². The number of amides is 4. The first-order valence-corrected chi connectivity index (χ1v) is 33.5. The smallest absolute Gasteiger partial charge is 0.257 e. The van der Waals surface area contributed by atoms with E-state index in [0.717, 1.165) is 61.4 Å². The summed E-state index contributed by atoms with van der Waals surface area (Å²) < 4.78 is 0. The topological polar surface area (TPSA) is 148 Å². The highest BCUT2D eigenvalue weighted by molar-refractivity contribution is 6.44. The Morgan fingerprint density at radius 1 is 0.442 bits per heavy atom. The molecular formula is C65H75Cl9N8O4. The number of unbranched alkanes of at least 4 members (excludes halogenated alkanes) is 20. The van der Waals surface area contributed by atoms with Crippen molar-refractivity contribution in [3.05, 3.63) is 136 Å². The third-order valence-electron chi connectivity index (χ3n) is 15.4. The summed E-state index contributed by atoms with van der Waals surface area (Å²) in [4.78, 5) is 68.5. The van der Waals surface area contributed by atoms with Crippen LogP contribution in [0.3, 0.4) is 0 Å². The summed E-state index contributed by atoms with van der Waals surface area (Å²) in [6, 6.07) is 22.2. The van der Waals surface area contributed by atoms with Gasteiger partial charge in [0.2, 0.25) is 11.8 Å². The molecule has 5 aromatic rings. The van der Waals surface area contributed by atoms with E-state index in [0.29, 0.717) is 29.8 Å². The number of aliphatic imine (C=N–C) groups is 2. The molecule has 2 aliphatic heterocycles. The summed E-state index contributed by atoms with van der Waals surface area (Å²) in [5, 5.41) is 9.23. The molecule has 2 atom stereocenters. The van der Waals surface area contributed by atoms with Crippen LogP contribution in [-0.4, -0.2) is 35.3 Å². The zero-order chi connectivity index (χ0) is 61.7. The number of carbonyl (C=O) groups is 4. The summed E-state index contributed by atoms with van der Waals surface area (Å²) in [5.41, 5.74) is 7.83.